The van der Waals surface area contributed by atoms with Crippen LogP contribution in [0, 0.1) is 0 Å². The Morgan fingerprint density at radius 1 is 1.22 bits per heavy atom. The highest BCUT2D eigenvalue weighted by molar-refractivity contribution is 5.77. The van der Waals surface area contributed by atoms with Crippen LogP contribution in [0.4, 0.5) is 4.79 Å². The van der Waals surface area contributed by atoms with Gasteiger partial charge in [-0.1, -0.05) is 35.5 Å². The first-order valence-electron chi connectivity index (χ1n) is 9.68. The van der Waals surface area contributed by atoms with Crippen LogP contribution in [0.25, 0.3) is 0 Å². The minimum Gasteiger partial charge on any atom is -0.361 e. The fourth-order valence-corrected chi connectivity index (χ4v) is 4.37. The van der Waals surface area contributed by atoms with E-state index in [1.165, 1.54) is 0 Å². The van der Waals surface area contributed by atoms with Gasteiger partial charge in [-0.05, 0) is 31.2 Å². The molecule has 2 bridgehead atoms. The molecular weight excluding hydrogens is 344 g/mol. The third-order valence-electron chi connectivity index (χ3n) is 6.00. The van der Waals surface area contributed by atoms with Crippen molar-refractivity contribution in [2.75, 3.05) is 6.54 Å². The Labute approximate surface area is 158 Å². The van der Waals surface area contributed by atoms with E-state index in [2.05, 4.69) is 5.16 Å². The fourth-order valence-electron chi connectivity index (χ4n) is 4.37. The lowest BCUT2D eigenvalue weighted by Gasteiger charge is -2.30. The van der Waals surface area contributed by atoms with Gasteiger partial charge in [0.1, 0.15) is 18.1 Å². The zero-order valence-corrected chi connectivity index (χ0v) is 15.2. The highest BCUT2D eigenvalue weighted by Crippen LogP contribution is 2.41. The Morgan fingerprint density at radius 2 is 2.04 bits per heavy atom. The second-order valence-corrected chi connectivity index (χ2v) is 7.85. The van der Waals surface area contributed by atoms with Crippen LogP contribution in [0.1, 0.15) is 54.7 Å². The molecule has 1 aromatic heterocycles. The van der Waals surface area contributed by atoms with Crippen molar-refractivity contribution in [3.8, 4) is 0 Å². The molecule has 1 saturated carbocycles. The first kappa shape index (κ1) is 16.8. The normalized spacial score (nSPS) is 29.9. The van der Waals surface area contributed by atoms with Gasteiger partial charge >= 0.3 is 6.03 Å². The molecule has 142 valence electrons. The summed E-state index contributed by atoms with van der Waals surface area (Å²) in [7, 11) is 0. The van der Waals surface area contributed by atoms with E-state index in [1.807, 2.05) is 41.3 Å². The van der Waals surface area contributed by atoms with Crippen LogP contribution in [0.15, 0.2) is 40.9 Å². The van der Waals surface area contributed by atoms with Crippen LogP contribution in [-0.2, 0) is 11.4 Å². The summed E-state index contributed by atoms with van der Waals surface area (Å²) in [6.45, 7) is 1.08. The van der Waals surface area contributed by atoms with Crippen LogP contribution in [0.3, 0.4) is 0 Å². The monoisotopic (exact) mass is 368 g/mol. The van der Waals surface area contributed by atoms with Crippen LogP contribution < -0.4 is 5.73 Å². The maximum atomic E-state index is 12.9. The SMILES string of the molecule is NC1CC(c2cc(C3CCC4CN3C(=O)N4OCc3ccccc3)no2)C1. The molecule has 2 amide bonds. The summed E-state index contributed by atoms with van der Waals surface area (Å²) in [5.41, 5.74) is 7.78. The average Bonchev–Trinajstić information content (AvgIpc) is 3.23. The molecule has 7 nitrogen and oxygen atoms in total. The molecule has 0 spiro atoms. The zero-order chi connectivity index (χ0) is 18.4. The number of urea groups is 1. The number of nitrogens with zero attached hydrogens (tertiary/aromatic N) is 3. The van der Waals surface area contributed by atoms with E-state index in [1.54, 1.807) is 5.06 Å². The highest BCUT2D eigenvalue weighted by atomic mass is 16.7. The Morgan fingerprint density at radius 3 is 2.81 bits per heavy atom. The third-order valence-corrected chi connectivity index (χ3v) is 6.00. The third kappa shape index (κ3) is 3.00. The van der Waals surface area contributed by atoms with E-state index < -0.39 is 0 Å². The number of carbonyl (C=O) groups excluding carboxylic acids is 1. The summed E-state index contributed by atoms with van der Waals surface area (Å²) in [6.07, 6.45) is 3.67. The van der Waals surface area contributed by atoms with E-state index in [0.29, 0.717) is 19.1 Å². The Balaban J connectivity index is 1.26. The molecule has 2 atom stereocenters. The van der Waals surface area contributed by atoms with Crippen molar-refractivity contribution in [1.29, 1.82) is 0 Å². The highest BCUT2D eigenvalue weighted by Gasteiger charge is 2.47. The summed E-state index contributed by atoms with van der Waals surface area (Å²) in [4.78, 5) is 20.6. The van der Waals surface area contributed by atoms with Crippen LogP contribution in [0.5, 0.6) is 0 Å². The molecule has 2 aliphatic heterocycles. The van der Waals surface area contributed by atoms with Crippen LogP contribution >= 0.6 is 0 Å². The number of nitrogens with two attached hydrogens (primary N) is 1. The summed E-state index contributed by atoms with van der Waals surface area (Å²) in [5, 5.41) is 5.82. The summed E-state index contributed by atoms with van der Waals surface area (Å²) in [5.74, 6) is 1.27. The molecule has 2 aromatic rings. The lowest BCUT2D eigenvalue weighted by atomic mass is 9.79. The van der Waals surface area contributed by atoms with Crippen molar-refractivity contribution in [2.24, 2.45) is 5.73 Å². The minimum atomic E-state index is -0.0753. The van der Waals surface area contributed by atoms with Crippen LogP contribution in [0.2, 0.25) is 0 Å². The summed E-state index contributed by atoms with van der Waals surface area (Å²) in [6, 6.07) is 12.2. The number of carbonyl (C=O) groups is 1. The molecular formula is C20H24N4O3. The summed E-state index contributed by atoms with van der Waals surface area (Å²) >= 11 is 0. The molecule has 2 unspecified atom stereocenters. The van der Waals surface area contributed by atoms with Gasteiger partial charge in [0.15, 0.2) is 0 Å². The van der Waals surface area contributed by atoms with Gasteiger partial charge in [0, 0.05) is 24.6 Å². The van der Waals surface area contributed by atoms with Crippen molar-refractivity contribution >= 4 is 6.03 Å². The molecule has 2 saturated heterocycles. The number of hydroxylamine groups is 2. The van der Waals surface area contributed by atoms with E-state index in [0.717, 1.165) is 42.7 Å². The lowest BCUT2D eigenvalue weighted by Crippen LogP contribution is -2.35. The molecule has 3 fully saturated rings. The summed E-state index contributed by atoms with van der Waals surface area (Å²) < 4.78 is 5.56. The fraction of sp³-hybridized carbons (Fsp3) is 0.500. The number of benzene rings is 1. The van der Waals surface area contributed by atoms with Gasteiger partial charge in [0.05, 0.1) is 12.1 Å². The molecule has 27 heavy (non-hydrogen) atoms. The predicted octanol–water partition coefficient (Wildman–Crippen LogP) is 2.95. The number of piperidine rings is 1. The maximum Gasteiger partial charge on any atom is 0.344 e. The largest absolute Gasteiger partial charge is 0.361 e. The smallest absolute Gasteiger partial charge is 0.344 e. The standard InChI is InChI=1S/C20H24N4O3/c21-15-8-14(9-15)19-10-17(22-27-19)18-7-6-16-11-23(18)20(25)24(16)26-12-13-4-2-1-3-5-13/h1-5,10,14-16,18H,6-9,11-12,21H2. The van der Waals surface area contributed by atoms with Gasteiger partial charge < -0.3 is 15.2 Å². The number of amides is 2. The van der Waals surface area contributed by atoms with Gasteiger partial charge in [-0.15, -0.1) is 0 Å². The molecule has 1 aromatic carbocycles. The van der Waals surface area contributed by atoms with Crippen molar-refractivity contribution in [2.45, 2.75) is 56.3 Å². The first-order chi connectivity index (χ1) is 13.2. The second-order valence-electron chi connectivity index (χ2n) is 7.85. The number of fused-ring (bicyclic) bond motifs is 2. The first-order valence-corrected chi connectivity index (χ1v) is 9.68. The van der Waals surface area contributed by atoms with Crippen molar-refractivity contribution in [1.82, 2.24) is 15.1 Å². The van der Waals surface area contributed by atoms with E-state index in [9.17, 15) is 4.79 Å². The number of hydrogen-bond donors (Lipinski definition) is 1. The van der Waals surface area contributed by atoms with Gasteiger partial charge in [0.2, 0.25) is 0 Å². The molecule has 5 rings (SSSR count). The van der Waals surface area contributed by atoms with Crippen molar-refractivity contribution < 1.29 is 14.2 Å². The van der Waals surface area contributed by atoms with E-state index in [4.69, 9.17) is 15.1 Å². The van der Waals surface area contributed by atoms with Crippen LogP contribution in [-0.4, -0.2) is 39.8 Å². The number of hydrogen-bond acceptors (Lipinski definition) is 5. The number of aromatic nitrogens is 1. The van der Waals surface area contributed by atoms with E-state index in [-0.39, 0.29) is 24.2 Å². The predicted molar refractivity (Wildman–Crippen MR) is 97.4 cm³/mol. The molecule has 3 aliphatic rings. The average molecular weight is 368 g/mol. The van der Waals surface area contributed by atoms with Gasteiger partial charge in [0.25, 0.3) is 0 Å². The lowest BCUT2D eigenvalue weighted by molar-refractivity contribution is -0.140. The quantitative estimate of drug-likeness (QED) is 0.877. The molecule has 1 aliphatic carbocycles. The topological polar surface area (TPSA) is 84.8 Å². The Bertz CT molecular complexity index is 818. The number of rotatable bonds is 5. The molecule has 7 heteroatoms. The minimum absolute atomic E-state index is 0.0367. The maximum absolute atomic E-state index is 12.9. The van der Waals surface area contributed by atoms with Gasteiger partial charge in [-0.2, -0.15) is 5.06 Å². The molecule has 2 N–H and O–H groups in total. The van der Waals surface area contributed by atoms with E-state index >= 15 is 0 Å². The van der Waals surface area contributed by atoms with Gasteiger partial charge in [-0.3, -0.25) is 4.84 Å². The molecule has 0 radical (unpaired) electrons. The Hall–Kier alpha value is -2.38. The van der Waals surface area contributed by atoms with Crippen molar-refractivity contribution in [3.63, 3.8) is 0 Å². The second kappa shape index (κ2) is 6.65. The van der Waals surface area contributed by atoms with Gasteiger partial charge in [-0.25, -0.2) is 4.79 Å². The Kier molecular flexibility index (Phi) is 4.13. The zero-order valence-electron chi connectivity index (χ0n) is 15.2. The van der Waals surface area contributed by atoms with Crippen molar-refractivity contribution in [3.05, 3.63) is 53.4 Å². The molecule has 3 heterocycles.